The van der Waals surface area contributed by atoms with Crippen LogP contribution < -0.4 is 5.32 Å². The van der Waals surface area contributed by atoms with Crippen LogP contribution in [0.4, 0.5) is 5.95 Å². The van der Waals surface area contributed by atoms with Gasteiger partial charge in [0, 0.05) is 6.54 Å². The van der Waals surface area contributed by atoms with Gasteiger partial charge in [0.25, 0.3) is 0 Å². The van der Waals surface area contributed by atoms with Crippen LogP contribution in [0.15, 0.2) is 48.5 Å². The van der Waals surface area contributed by atoms with Gasteiger partial charge in [0.1, 0.15) is 0 Å². The number of aromatic amines is 1. The molecule has 1 heterocycles. The molecule has 0 spiro atoms. The Kier molecular flexibility index (Phi) is 5.49. The summed E-state index contributed by atoms with van der Waals surface area (Å²) in [4.78, 5) is 10.4. The SMILES string of the molecule is CCN(CC)CCCNc1nc2ccc(-c3ccccc3)cc2[nH]1. The number of nitrogens with zero attached hydrogens (tertiary/aromatic N) is 2. The van der Waals surface area contributed by atoms with Gasteiger partial charge >= 0.3 is 0 Å². The zero-order chi connectivity index (χ0) is 16.8. The summed E-state index contributed by atoms with van der Waals surface area (Å²) in [5.41, 5.74) is 4.51. The maximum atomic E-state index is 4.62. The number of hydrogen-bond acceptors (Lipinski definition) is 3. The molecule has 0 unspecified atom stereocenters. The van der Waals surface area contributed by atoms with Crippen molar-refractivity contribution in [2.45, 2.75) is 20.3 Å². The molecule has 2 N–H and O–H groups in total. The Morgan fingerprint density at radius 2 is 1.79 bits per heavy atom. The number of imidazole rings is 1. The number of anilines is 1. The lowest BCUT2D eigenvalue weighted by Crippen LogP contribution is -2.25. The number of nitrogens with one attached hydrogen (secondary N) is 2. The molecule has 0 amide bonds. The lowest BCUT2D eigenvalue weighted by Gasteiger charge is -2.17. The van der Waals surface area contributed by atoms with Crippen LogP contribution in [0.3, 0.4) is 0 Å². The predicted molar refractivity (Wildman–Crippen MR) is 102 cm³/mol. The van der Waals surface area contributed by atoms with Crippen LogP contribution in [0.2, 0.25) is 0 Å². The van der Waals surface area contributed by atoms with Crippen molar-refractivity contribution in [1.29, 1.82) is 0 Å². The van der Waals surface area contributed by atoms with Crippen molar-refractivity contribution < 1.29 is 0 Å². The second kappa shape index (κ2) is 7.97. The molecule has 0 saturated heterocycles. The van der Waals surface area contributed by atoms with E-state index in [4.69, 9.17) is 0 Å². The maximum absolute atomic E-state index is 4.62. The molecule has 0 aliphatic carbocycles. The average molecular weight is 322 g/mol. The fraction of sp³-hybridized carbons (Fsp3) is 0.350. The third-order valence-electron chi connectivity index (χ3n) is 4.43. The Balaban J connectivity index is 1.64. The largest absolute Gasteiger partial charge is 0.356 e. The average Bonchev–Trinajstić information content (AvgIpc) is 3.04. The molecule has 3 aromatic rings. The van der Waals surface area contributed by atoms with Crippen molar-refractivity contribution in [2.75, 3.05) is 31.5 Å². The highest BCUT2D eigenvalue weighted by atomic mass is 15.1. The van der Waals surface area contributed by atoms with E-state index in [1.165, 1.54) is 11.1 Å². The molecule has 24 heavy (non-hydrogen) atoms. The van der Waals surface area contributed by atoms with Crippen molar-refractivity contribution in [3.63, 3.8) is 0 Å². The van der Waals surface area contributed by atoms with E-state index >= 15 is 0 Å². The molecular weight excluding hydrogens is 296 g/mol. The topological polar surface area (TPSA) is 44.0 Å². The Bertz CT molecular complexity index is 760. The van der Waals surface area contributed by atoms with Crippen molar-refractivity contribution in [1.82, 2.24) is 14.9 Å². The first-order valence-corrected chi connectivity index (χ1v) is 8.81. The van der Waals surface area contributed by atoms with Gasteiger partial charge in [-0.3, -0.25) is 0 Å². The van der Waals surface area contributed by atoms with Crippen molar-refractivity contribution in [3.05, 3.63) is 48.5 Å². The molecule has 0 fully saturated rings. The van der Waals surface area contributed by atoms with Gasteiger partial charge in [0.2, 0.25) is 5.95 Å². The standard InChI is InChI=1S/C20H26N4/c1-3-24(4-2)14-8-13-21-20-22-18-12-11-17(15-19(18)23-20)16-9-6-5-7-10-16/h5-7,9-12,15H,3-4,8,13-14H2,1-2H3,(H2,21,22,23). The second-order valence-corrected chi connectivity index (χ2v) is 5.99. The van der Waals surface area contributed by atoms with Crippen molar-refractivity contribution in [3.8, 4) is 11.1 Å². The van der Waals surface area contributed by atoms with Gasteiger partial charge in [-0.25, -0.2) is 4.98 Å². The lowest BCUT2D eigenvalue weighted by atomic mass is 10.1. The van der Waals surface area contributed by atoms with E-state index in [0.717, 1.165) is 49.6 Å². The maximum Gasteiger partial charge on any atom is 0.201 e. The highest BCUT2D eigenvalue weighted by Gasteiger charge is 2.05. The van der Waals surface area contributed by atoms with Gasteiger partial charge < -0.3 is 15.2 Å². The molecule has 0 saturated carbocycles. The second-order valence-electron chi connectivity index (χ2n) is 5.99. The molecular formula is C20H26N4. The van der Waals surface area contributed by atoms with Crippen molar-refractivity contribution >= 4 is 17.0 Å². The summed E-state index contributed by atoms with van der Waals surface area (Å²) >= 11 is 0. The van der Waals surface area contributed by atoms with Gasteiger partial charge in [-0.05, 0) is 49.3 Å². The van der Waals surface area contributed by atoms with Crippen LogP contribution in [0.1, 0.15) is 20.3 Å². The summed E-state index contributed by atoms with van der Waals surface area (Å²) in [6.07, 6.45) is 1.12. The quantitative estimate of drug-likeness (QED) is 0.605. The normalized spacial score (nSPS) is 11.3. The molecule has 3 rings (SSSR count). The zero-order valence-corrected chi connectivity index (χ0v) is 14.5. The van der Waals surface area contributed by atoms with Crippen LogP contribution in [0, 0.1) is 0 Å². The number of aromatic nitrogens is 2. The van der Waals surface area contributed by atoms with Crippen LogP contribution in [0.25, 0.3) is 22.2 Å². The highest BCUT2D eigenvalue weighted by Crippen LogP contribution is 2.24. The van der Waals surface area contributed by atoms with Crippen LogP contribution in [0.5, 0.6) is 0 Å². The number of rotatable bonds is 8. The Morgan fingerprint density at radius 3 is 2.54 bits per heavy atom. The summed E-state index contributed by atoms with van der Waals surface area (Å²) in [6.45, 7) is 8.70. The molecule has 0 bridgehead atoms. The summed E-state index contributed by atoms with van der Waals surface area (Å²) in [7, 11) is 0. The Morgan fingerprint density at radius 1 is 1.00 bits per heavy atom. The predicted octanol–water partition coefficient (Wildman–Crippen LogP) is 4.37. The minimum Gasteiger partial charge on any atom is -0.356 e. The molecule has 0 radical (unpaired) electrons. The zero-order valence-electron chi connectivity index (χ0n) is 14.5. The van der Waals surface area contributed by atoms with E-state index in [1.807, 2.05) is 6.07 Å². The van der Waals surface area contributed by atoms with Crippen LogP contribution in [-0.2, 0) is 0 Å². The van der Waals surface area contributed by atoms with E-state index in [0.29, 0.717) is 0 Å². The van der Waals surface area contributed by atoms with Gasteiger partial charge in [0.15, 0.2) is 0 Å². The minimum atomic E-state index is 0.856. The third-order valence-corrected chi connectivity index (χ3v) is 4.43. The van der Waals surface area contributed by atoms with Crippen LogP contribution >= 0.6 is 0 Å². The monoisotopic (exact) mass is 322 g/mol. The van der Waals surface area contributed by atoms with E-state index in [-0.39, 0.29) is 0 Å². The van der Waals surface area contributed by atoms with Crippen LogP contribution in [-0.4, -0.2) is 41.0 Å². The molecule has 0 aliphatic rings. The summed E-state index contributed by atoms with van der Waals surface area (Å²) < 4.78 is 0. The first-order chi connectivity index (χ1) is 11.8. The molecule has 0 atom stereocenters. The summed E-state index contributed by atoms with van der Waals surface area (Å²) in [5, 5.41) is 3.40. The highest BCUT2D eigenvalue weighted by molar-refractivity contribution is 5.83. The minimum absolute atomic E-state index is 0.856. The van der Waals surface area contributed by atoms with E-state index in [1.54, 1.807) is 0 Å². The van der Waals surface area contributed by atoms with Crippen molar-refractivity contribution in [2.24, 2.45) is 0 Å². The number of benzene rings is 2. The number of hydrogen-bond donors (Lipinski definition) is 2. The molecule has 4 nitrogen and oxygen atoms in total. The third kappa shape index (κ3) is 3.95. The van der Waals surface area contributed by atoms with Gasteiger partial charge in [-0.1, -0.05) is 50.2 Å². The molecule has 0 aliphatic heterocycles. The number of fused-ring (bicyclic) bond motifs is 1. The molecule has 2 aromatic carbocycles. The molecule has 4 heteroatoms. The fourth-order valence-corrected chi connectivity index (χ4v) is 2.95. The molecule has 1 aromatic heterocycles. The number of H-pyrrole nitrogens is 1. The lowest BCUT2D eigenvalue weighted by molar-refractivity contribution is 0.303. The summed E-state index contributed by atoms with van der Waals surface area (Å²) in [6, 6.07) is 16.8. The van der Waals surface area contributed by atoms with E-state index in [2.05, 4.69) is 76.5 Å². The van der Waals surface area contributed by atoms with Gasteiger partial charge in [-0.15, -0.1) is 0 Å². The van der Waals surface area contributed by atoms with E-state index < -0.39 is 0 Å². The Hall–Kier alpha value is -2.33. The van der Waals surface area contributed by atoms with E-state index in [9.17, 15) is 0 Å². The first kappa shape index (κ1) is 16.5. The first-order valence-electron chi connectivity index (χ1n) is 8.81. The fourth-order valence-electron chi connectivity index (χ4n) is 2.95. The van der Waals surface area contributed by atoms with Gasteiger partial charge in [-0.2, -0.15) is 0 Å². The smallest absolute Gasteiger partial charge is 0.201 e. The Labute approximate surface area is 143 Å². The molecule has 126 valence electrons. The van der Waals surface area contributed by atoms with Gasteiger partial charge in [0.05, 0.1) is 11.0 Å². The summed E-state index contributed by atoms with van der Waals surface area (Å²) in [5.74, 6) is 0.856.